The van der Waals surface area contributed by atoms with Crippen molar-refractivity contribution in [3.63, 3.8) is 0 Å². The molecule has 7 heteroatoms. The Morgan fingerprint density at radius 1 is 1.18 bits per heavy atom. The molecule has 2 rings (SSSR count). The largest absolute Gasteiger partial charge is 0.496 e. The van der Waals surface area contributed by atoms with E-state index in [1.165, 1.54) is 26.4 Å². The molecule has 0 unspecified atom stereocenters. The highest BCUT2D eigenvalue weighted by Gasteiger charge is 2.17. The van der Waals surface area contributed by atoms with Crippen LogP contribution in [0.5, 0.6) is 5.75 Å². The molecule has 1 heterocycles. The van der Waals surface area contributed by atoms with E-state index in [1.54, 1.807) is 24.3 Å². The number of pyridine rings is 1. The number of benzene rings is 1. The summed E-state index contributed by atoms with van der Waals surface area (Å²) < 4.78 is 5.15. The average molecular weight is 320 g/mol. The molecule has 2 amide bonds. The monoisotopic (exact) mass is 319 g/mol. The molecule has 0 aliphatic rings. The number of nitrogens with zero attached hydrogens (tertiary/aromatic N) is 1. The minimum atomic E-state index is -0.412. The first-order chi connectivity index (χ1) is 10.6. The third-order valence-electron chi connectivity index (χ3n) is 2.94. The van der Waals surface area contributed by atoms with Crippen LogP contribution in [0.4, 0.5) is 5.69 Å². The number of hydrogen-bond donors (Lipinski definition) is 2. The molecule has 0 bridgehead atoms. The number of aromatic nitrogens is 1. The minimum Gasteiger partial charge on any atom is -0.496 e. The van der Waals surface area contributed by atoms with Crippen molar-refractivity contribution in [1.82, 2.24) is 10.3 Å². The number of hydrogen-bond acceptors (Lipinski definition) is 4. The highest BCUT2D eigenvalue weighted by Crippen LogP contribution is 2.22. The zero-order valence-electron chi connectivity index (χ0n) is 12.0. The summed E-state index contributed by atoms with van der Waals surface area (Å²) in [6.07, 6.45) is 1.30. The molecule has 0 aliphatic heterocycles. The molecule has 1 aromatic carbocycles. The minimum absolute atomic E-state index is 0.169. The van der Waals surface area contributed by atoms with Crippen molar-refractivity contribution in [1.29, 1.82) is 0 Å². The number of carbonyl (C=O) groups is 2. The van der Waals surface area contributed by atoms with Gasteiger partial charge in [0.05, 0.1) is 23.9 Å². The fraction of sp³-hybridized carbons (Fsp3) is 0.133. The molecule has 0 spiro atoms. The lowest BCUT2D eigenvalue weighted by Crippen LogP contribution is -2.22. The molecule has 2 N–H and O–H groups in total. The van der Waals surface area contributed by atoms with E-state index in [2.05, 4.69) is 15.6 Å². The van der Waals surface area contributed by atoms with Gasteiger partial charge in [-0.05, 0) is 18.2 Å². The first-order valence-corrected chi connectivity index (χ1v) is 6.76. The standard InChI is InChI=1S/C15H14ClN3O3/c1-17-14(20)10-8-18-13(16)7-11(10)19-15(21)9-5-3-4-6-12(9)22-2/h3-8H,1-2H3,(H,17,20)(H,18,19,21). The van der Waals surface area contributed by atoms with Gasteiger partial charge in [-0.25, -0.2) is 4.98 Å². The van der Waals surface area contributed by atoms with Gasteiger partial charge in [-0.2, -0.15) is 0 Å². The van der Waals surface area contributed by atoms with Crippen molar-refractivity contribution in [2.45, 2.75) is 0 Å². The Bertz CT molecular complexity index is 719. The van der Waals surface area contributed by atoms with Crippen LogP contribution in [-0.2, 0) is 0 Å². The number of carbonyl (C=O) groups excluding carboxylic acids is 2. The van der Waals surface area contributed by atoms with Crippen LogP contribution in [0.3, 0.4) is 0 Å². The molecule has 0 saturated heterocycles. The van der Waals surface area contributed by atoms with Crippen LogP contribution in [0.25, 0.3) is 0 Å². The zero-order valence-corrected chi connectivity index (χ0v) is 12.8. The van der Waals surface area contributed by atoms with Gasteiger partial charge in [0, 0.05) is 13.2 Å². The molecule has 0 atom stereocenters. The summed E-state index contributed by atoms with van der Waals surface area (Å²) in [7, 11) is 2.97. The Morgan fingerprint density at radius 2 is 1.91 bits per heavy atom. The van der Waals surface area contributed by atoms with Gasteiger partial charge in [0.2, 0.25) is 0 Å². The number of anilines is 1. The molecular formula is C15H14ClN3O3. The predicted octanol–water partition coefficient (Wildman–Crippen LogP) is 2.36. The van der Waals surface area contributed by atoms with E-state index >= 15 is 0 Å². The molecule has 22 heavy (non-hydrogen) atoms. The predicted molar refractivity (Wildman–Crippen MR) is 83.6 cm³/mol. The molecule has 1 aromatic heterocycles. The maximum atomic E-state index is 12.4. The second kappa shape index (κ2) is 6.91. The van der Waals surface area contributed by atoms with Crippen LogP contribution < -0.4 is 15.4 Å². The lowest BCUT2D eigenvalue weighted by atomic mass is 10.1. The van der Waals surface area contributed by atoms with Crippen molar-refractivity contribution >= 4 is 29.1 Å². The number of nitrogens with one attached hydrogen (secondary N) is 2. The molecule has 0 aliphatic carbocycles. The fourth-order valence-electron chi connectivity index (χ4n) is 1.87. The first kappa shape index (κ1) is 15.8. The van der Waals surface area contributed by atoms with Crippen LogP contribution in [0, 0.1) is 0 Å². The molecule has 2 aromatic rings. The van der Waals surface area contributed by atoms with Crippen molar-refractivity contribution in [3.05, 3.63) is 52.8 Å². The van der Waals surface area contributed by atoms with Crippen LogP contribution in [0.1, 0.15) is 20.7 Å². The number of methoxy groups -OCH3 is 1. The average Bonchev–Trinajstić information content (AvgIpc) is 2.54. The number of amides is 2. The van der Waals surface area contributed by atoms with Crippen LogP contribution in [-0.4, -0.2) is 31.0 Å². The van der Waals surface area contributed by atoms with Crippen molar-refractivity contribution < 1.29 is 14.3 Å². The van der Waals surface area contributed by atoms with Crippen LogP contribution in [0.15, 0.2) is 36.5 Å². The Labute approximate surface area is 132 Å². The van der Waals surface area contributed by atoms with Gasteiger partial charge in [-0.1, -0.05) is 23.7 Å². The summed E-state index contributed by atoms with van der Waals surface area (Å²) in [6, 6.07) is 8.19. The number of ether oxygens (including phenoxy) is 1. The van der Waals surface area contributed by atoms with E-state index in [4.69, 9.17) is 16.3 Å². The van der Waals surface area contributed by atoms with E-state index < -0.39 is 5.91 Å². The third-order valence-corrected chi connectivity index (χ3v) is 3.15. The normalized spacial score (nSPS) is 9.95. The summed E-state index contributed by atoms with van der Waals surface area (Å²) in [5, 5.41) is 5.30. The lowest BCUT2D eigenvalue weighted by Gasteiger charge is -2.12. The van der Waals surface area contributed by atoms with Crippen LogP contribution >= 0.6 is 11.6 Å². The summed E-state index contributed by atoms with van der Waals surface area (Å²) in [6.45, 7) is 0. The van der Waals surface area contributed by atoms with E-state index in [0.29, 0.717) is 11.3 Å². The maximum Gasteiger partial charge on any atom is 0.259 e. The van der Waals surface area contributed by atoms with Gasteiger partial charge < -0.3 is 15.4 Å². The topological polar surface area (TPSA) is 80.3 Å². The Morgan fingerprint density at radius 3 is 2.59 bits per heavy atom. The van der Waals surface area contributed by atoms with Gasteiger partial charge in [0.15, 0.2) is 0 Å². The molecule has 0 radical (unpaired) electrons. The Hall–Kier alpha value is -2.60. The summed E-state index contributed by atoms with van der Waals surface area (Å²) in [4.78, 5) is 28.0. The second-order valence-corrected chi connectivity index (χ2v) is 4.67. The van der Waals surface area contributed by atoms with Gasteiger partial charge in [0.25, 0.3) is 11.8 Å². The molecule has 114 valence electrons. The highest BCUT2D eigenvalue weighted by atomic mass is 35.5. The first-order valence-electron chi connectivity index (χ1n) is 6.38. The summed E-state index contributed by atoms with van der Waals surface area (Å²) >= 11 is 5.83. The quantitative estimate of drug-likeness (QED) is 0.848. The number of rotatable bonds is 4. The molecule has 0 fully saturated rings. The van der Waals surface area contributed by atoms with Crippen molar-refractivity contribution in [2.24, 2.45) is 0 Å². The van der Waals surface area contributed by atoms with E-state index in [0.717, 1.165) is 0 Å². The molecular weight excluding hydrogens is 306 g/mol. The summed E-state index contributed by atoms with van der Waals surface area (Å²) in [5.41, 5.74) is 0.839. The van der Waals surface area contributed by atoms with E-state index in [-0.39, 0.29) is 22.3 Å². The second-order valence-electron chi connectivity index (χ2n) is 4.29. The Balaban J connectivity index is 2.36. The SMILES string of the molecule is CNC(=O)c1cnc(Cl)cc1NC(=O)c1ccccc1OC. The van der Waals surface area contributed by atoms with Gasteiger partial charge in [-0.15, -0.1) is 0 Å². The summed E-state index contributed by atoms with van der Waals surface area (Å²) in [5.74, 6) is -0.356. The molecule has 0 saturated carbocycles. The smallest absolute Gasteiger partial charge is 0.259 e. The fourth-order valence-corrected chi connectivity index (χ4v) is 2.03. The van der Waals surface area contributed by atoms with Gasteiger partial charge in [-0.3, -0.25) is 9.59 Å². The number of halogens is 1. The Kier molecular flexibility index (Phi) is 4.95. The van der Waals surface area contributed by atoms with E-state index in [1.807, 2.05) is 0 Å². The highest BCUT2D eigenvalue weighted by molar-refractivity contribution is 6.30. The van der Waals surface area contributed by atoms with Gasteiger partial charge >= 0.3 is 0 Å². The third kappa shape index (κ3) is 3.35. The van der Waals surface area contributed by atoms with Crippen molar-refractivity contribution in [2.75, 3.05) is 19.5 Å². The van der Waals surface area contributed by atoms with Gasteiger partial charge in [0.1, 0.15) is 10.9 Å². The van der Waals surface area contributed by atoms with Crippen molar-refractivity contribution in [3.8, 4) is 5.75 Å². The molecule has 6 nitrogen and oxygen atoms in total. The van der Waals surface area contributed by atoms with E-state index in [9.17, 15) is 9.59 Å². The number of para-hydroxylation sites is 1. The zero-order chi connectivity index (χ0) is 16.1. The lowest BCUT2D eigenvalue weighted by molar-refractivity contribution is 0.0963. The van der Waals surface area contributed by atoms with Crippen LogP contribution in [0.2, 0.25) is 5.15 Å². The maximum absolute atomic E-state index is 12.4.